The van der Waals surface area contributed by atoms with Crippen molar-refractivity contribution in [3.8, 4) is 5.75 Å². The van der Waals surface area contributed by atoms with Gasteiger partial charge >= 0.3 is 0 Å². The first kappa shape index (κ1) is 23.9. The van der Waals surface area contributed by atoms with Crippen LogP contribution in [0.3, 0.4) is 0 Å². The Labute approximate surface area is 198 Å². The fourth-order valence-corrected chi connectivity index (χ4v) is 7.24. The number of hydrogen-bond donors (Lipinski definition) is 0. The number of hydrogen-bond acceptors (Lipinski definition) is 1. The molecule has 2 fully saturated rings. The van der Waals surface area contributed by atoms with Gasteiger partial charge in [-0.3, -0.25) is 0 Å². The van der Waals surface area contributed by atoms with Crippen molar-refractivity contribution in [2.75, 3.05) is 6.61 Å². The summed E-state index contributed by atoms with van der Waals surface area (Å²) in [6, 6.07) is 6.88. The standard InChI is InChI=1S/C31H48O/c1-3-5-7-8-9-10-24-11-12-26-21-27(14-13-25(26)20-24)28-15-16-30-23-31(32-19-6-4-2)18-17-29(30)22-28/h4,6,17-18,23-28H,3,5,7-16,19-22H2,1-2H3/b6-4+. The van der Waals surface area contributed by atoms with Gasteiger partial charge in [0.25, 0.3) is 0 Å². The van der Waals surface area contributed by atoms with E-state index in [-0.39, 0.29) is 0 Å². The van der Waals surface area contributed by atoms with Gasteiger partial charge in [0.1, 0.15) is 12.4 Å². The highest BCUT2D eigenvalue weighted by atomic mass is 16.5. The molecular formula is C31H48O. The van der Waals surface area contributed by atoms with Crippen LogP contribution in [-0.2, 0) is 12.8 Å². The van der Waals surface area contributed by atoms with Gasteiger partial charge < -0.3 is 4.74 Å². The maximum atomic E-state index is 5.88. The number of aryl methyl sites for hydroxylation is 1. The maximum absolute atomic E-state index is 5.88. The Morgan fingerprint density at radius 2 is 1.62 bits per heavy atom. The van der Waals surface area contributed by atoms with E-state index in [1.807, 2.05) is 6.92 Å². The molecule has 32 heavy (non-hydrogen) atoms. The van der Waals surface area contributed by atoms with E-state index < -0.39 is 0 Å². The molecule has 1 nitrogen and oxygen atoms in total. The second-order valence-corrected chi connectivity index (χ2v) is 11.3. The average molecular weight is 437 g/mol. The highest BCUT2D eigenvalue weighted by Gasteiger charge is 2.38. The zero-order valence-electron chi connectivity index (χ0n) is 21.0. The van der Waals surface area contributed by atoms with Crippen LogP contribution >= 0.6 is 0 Å². The van der Waals surface area contributed by atoms with Gasteiger partial charge in [0, 0.05) is 0 Å². The maximum Gasteiger partial charge on any atom is 0.120 e. The molecule has 1 aromatic carbocycles. The Balaban J connectivity index is 1.23. The summed E-state index contributed by atoms with van der Waals surface area (Å²) in [6.07, 6.45) is 26.1. The molecule has 1 aromatic rings. The lowest BCUT2D eigenvalue weighted by molar-refractivity contribution is 0.0689. The number of unbranched alkanes of at least 4 members (excludes halogenated alkanes) is 4. The van der Waals surface area contributed by atoms with Crippen molar-refractivity contribution in [2.24, 2.45) is 29.6 Å². The zero-order valence-corrected chi connectivity index (χ0v) is 21.0. The molecule has 0 bridgehead atoms. The number of fused-ring (bicyclic) bond motifs is 2. The third-order valence-corrected chi connectivity index (χ3v) is 9.17. The molecule has 0 saturated heterocycles. The molecule has 0 spiro atoms. The molecule has 0 radical (unpaired) electrons. The van der Waals surface area contributed by atoms with E-state index in [4.69, 9.17) is 4.74 Å². The molecule has 2 saturated carbocycles. The van der Waals surface area contributed by atoms with Gasteiger partial charge in [-0.2, -0.15) is 0 Å². The summed E-state index contributed by atoms with van der Waals surface area (Å²) in [4.78, 5) is 0. The van der Waals surface area contributed by atoms with Crippen LogP contribution in [0.15, 0.2) is 30.4 Å². The lowest BCUT2D eigenvalue weighted by atomic mass is 9.61. The molecule has 0 aromatic heterocycles. The van der Waals surface area contributed by atoms with Crippen molar-refractivity contribution in [1.29, 1.82) is 0 Å². The second-order valence-electron chi connectivity index (χ2n) is 11.3. The average Bonchev–Trinajstić information content (AvgIpc) is 2.83. The molecule has 178 valence electrons. The summed E-state index contributed by atoms with van der Waals surface area (Å²) in [5, 5.41) is 0. The molecule has 3 aliphatic carbocycles. The van der Waals surface area contributed by atoms with Crippen LogP contribution in [0, 0.1) is 29.6 Å². The van der Waals surface area contributed by atoms with Gasteiger partial charge in [0.2, 0.25) is 0 Å². The molecule has 0 heterocycles. The van der Waals surface area contributed by atoms with Gasteiger partial charge in [0.05, 0.1) is 0 Å². The van der Waals surface area contributed by atoms with E-state index in [1.165, 1.54) is 83.5 Å². The van der Waals surface area contributed by atoms with Gasteiger partial charge in [-0.25, -0.2) is 0 Å². The van der Waals surface area contributed by atoms with Crippen LogP contribution in [-0.4, -0.2) is 6.61 Å². The van der Waals surface area contributed by atoms with Gasteiger partial charge in [0.15, 0.2) is 0 Å². The second kappa shape index (κ2) is 12.3. The summed E-state index contributed by atoms with van der Waals surface area (Å²) >= 11 is 0. The summed E-state index contributed by atoms with van der Waals surface area (Å²) < 4.78 is 5.88. The number of benzene rings is 1. The minimum Gasteiger partial charge on any atom is -0.490 e. The molecule has 5 atom stereocenters. The smallest absolute Gasteiger partial charge is 0.120 e. The summed E-state index contributed by atoms with van der Waals surface area (Å²) in [6.45, 7) is 5.05. The molecule has 1 heteroatoms. The molecule has 5 unspecified atom stereocenters. The Hall–Kier alpha value is -1.24. The molecule has 0 N–H and O–H groups in total. The Morgan fingerprint density at radius 1 is 0.844 bits per heavy atom. The van der Waals surface area contributed by atoms with Gasteiger partial charge in [-0.1, -0.05) is 70.1 Å². The quantitative estimate of drug-likeness (QED) is 0.263. The number of ether oxygens (including phenoxy) is 1. The third-order valence-electron chi connectivity index (χ3n) is 9.17. The van der Waals surface area contributed by atoms with E-state index in [0.717, 1.165) is 35.3 Å². The van der Waals surface area contributed by atoms with Crippen molar-refractivity contribution >= 4 is 0 Å². The van der Waals surface area contributed by atoms with E-state index in [0.29, 0.717) is 6.61 Å². The van der Waals surface area contributed by atoms with Gasteiger partial charge in [-0.15, -0.1) is 0 Å². The molecular weight excluding hydrogens is 388 g/mol. The molecule has 0 amide bonds. The Bertz CT molecular complexity index is 719. The largest absolute Gasteiger partial charge is 0.490 e. The lowest BCUT2D eigenvalue weighted by Crippen LogP contribution is -2.35. The van der Waals surface area contributed by atoms with Crippen LogP contribution < -0.4 is 4.74 Å². The minimum absolute atomic E-state index is 0.683. The first-order chi connectivity index (χ1) is 15.8. The highest BCUT2D eigenvalue weighted by Crippen LogP contribution is 2.49. The highest BCUT2D eigenvalue weighted by molar-refractivity contribution is 5.37. The topological polar surface area (TPSA) is 9.23 Å². The number of allylic oxidation sites excluding steroid dienone is 1. The number of rotatable bonds is 10. The fourth-order valence-electron chi connectivity index (χ4n) is 7.24. The van der Waals surface area contributed by atoms with E-state index >= 15 is 0 Å². The fraction of sp³-hybridized carbons (Fsp3) is 0.742. The normalized spacial score (nSPS) is 30.1. The predicted octanol–water partition coefficient (Wildman–Crippen LogP) is 8.94. The van der Waals surface area contributed by atoms with Crippen molar-refractivity contribution in [1.82, 2.24) is 0 Å². The Kier molecular flexibility index (Phi) is 9.18. The van der Waals surface area contributed by atoms with Crippen molar-refractivity contribution < 1.29 is 4.74 Å². The van der Waals surface area contributed by atoms with Gasteiger partial charge in [-0.05, 0) is 111 Å². The summed E-state index contributed by atoms with van der Waals surface area (Å²) in [5.74, 6) is 6.13. The van der Waals surface area contributed by atoms with Crippen LogP contribution in [0.4, 0.5) is 0 Å². The molecule has 4 rings (SSSR count). The third kappa shape index (κ3) is 6.42. The Morgan fingerprint density at radius 3 is 2.47 bits per heavy atom. The monoisotopic (exact) mass is 436 g/mol. The minimum atomic E-state index is 0.683. The van der Waals surface area contributed by atoms with Crippen molar-refractivity contribution in [3.05, 3.63) is 41.5 Å². The van der Waals surface area contributed by atoms with E-state index in [2.05, 4.69) is 37.3 Å². The molecule has 0 aliphatic heterocycles. The van der Waals surface area contributed by atoms with Crippen LogP contribution in [0.25, 0.3) is 0 Å². The van der Waals surface area contributed by atoms with E-state index in [9.17, 15) is 0 Å². The van der Waals surface area contributed by atoms with Crippen molar-refractivity contribution in [3.63, 3.8) is 0 Å². The predicted molar refractivity (Wildman–Crippen MR) is 137 cm³/mol. The summed E-state index contributed by atoms with van der Waals surface area (Å²) in [7, 11) is 0. The van der Waals surface area contributed by atoms with Crippen molar-refractivity contribution in [2.45, 2.75) is 110 Å². The SMILES string of the molecule is C/C=C/COc1ccc2c(c1)CCC(C1CCC3CC(CCCCCCC)CCC3C1)C2. The van der Waals surface area contributed by atoms with Crippen LogP contribution in [0.2, 0.25) is 0 Å². The molecule has 3 aliphatic rings. The van der Waals surface area contributed by atoms with E-state index in [1.54, 1.807) is 24.0 Å². The zero-order chi connectivity index (χ0) is 22.2. The lowest BCUT2D eigenvalue weighted by Gasteiger charge is -2.45. The van der Waals surface area contributed by atoms with Crippen LogP contribution in [0.5, 0.6) is 5.75 Å². The summed E-state index contributed by atoms with van der Waals surface area (Å²) in [5.41, 5.74) is 3.15. The first-order valence-electron chi connectivity index (χ1n) is 14.1. The first-order valence-corrected chi connectivity index (χ1v) is 14.1. The van der Waals surface area contributed by atoms with Crippen LogP contribution in [0.1, 0.15) is 108 Å².